The van der Waals surface area contributed by atoms with Crippen molar-refractivity contribution in [1.82, 2.24) is 9.97 Å². The van der Waals surface area contributed by atoms with Crippen LogP contribution < -0.4 is 5.32 Å². The number of nitrogens with zero attached hydrogens (tertiary/aromatic N) is 2. The number of halogens is 2. The van der Waals surface area contributed by atoms with Gasteiger partial charge in [0.05, 0.1) is 4.47 Å². The Balaban J connectivity index is 2.39. The van der Waals surface area contributed by atoms with Crippen molar-refractivity contribution in [2.24, 2.45) is 0 Å². The van der Waals surface area contributed by atoms with Crippen molar-refractivity contribution in [3.63, 3.8) is 0 Å². The minimum atomic E-state index is 0.356. The van der Waals surface area contributed by atoms with E-state index in [4.69, 9.17) is 11.6 Å². The second-order valence-corrected chi connectivity index (χ2v) is 4.40. The van der Waals surface area contributed by atoms with Crippen molar-refractivity contribution in [2.75, 3.05) is 11.2 Å². The summed E-state index contributed by atoms with van der Waals surface area (Å²) in [6, 6.07) is 0.356. The van der Waals surface area contributed by atoms with Crippen LogP contribution in [0.25, 0.3) is 0 Å². The molecule has 0 bridgehead atoms. The zero-order valence-electron chi connectivity index (χ0n) is 8.00. The summed E-state index contributed by atoms with van der Waals surface area (Å²) in [6.07, 6.45) is 5.49. The molecule has 0 amide bonds. The smallest absolute Gasteiger partial charge is 0.222 e. The molecular weight excluding hydrogens is 265 g/mol. The number of aromatic nitrogens is 2. The molecule has 1 aromatic rings. The lowest BCUT2D eigenvalue weighted by molar-refractivity contribution is 0.686. The Kier molecular flexibility index (Phi) is 5.19. The third kappa shape index (κ3) is 4.24. The monoisotopic (exact) mass is 277 g/mol. The van der Waals surface area contributed by atoms with Crippen molar-refractivity contribution in [2.45, 2.75) is 25.8 Å². The third-order valence-corrected chi connectivity index (χ3v) is 2.44. The average Bonchev–Trinajstić information content (AvgIpc) is 2.18. The van der Waals surface area contributed by atoms with Crippen molar-refractivity contribution in [1.29, 1.82) is 0 Å². The van der Waals surface area contributed by atoms with Crippen LogP contribution in [0.5, 0.6) is 0 Å². The minimum Gasteiger partial charge on any atom is -0.352 e. The maximum atomic E-state index is 5.60. The Labute approximate surface area is 97.4 Å². The van der Waals surface area contributed by atoms with E-state index >= 15 is 0 Å². The van der Waals surface area contributed by atoms with Gasteiger partial charge in [-0.3, -0.25) is 0 Å². The Bertz CT molecular complexity index is 265. The van der Waals surface area contributed by atoms with Gasteiger partial charge < -0.3 is 5.32 Å². The first-order chi connectivity index (χ1) is 6.72. The highest BCUT2D eigenvalue weighted by molar-refractivity contribution is 9.10. The van der Waals surface area contributed by atoms with Crippen molar-refractivity contribution < 1.29 is 0 Å². The van der Waals surface area contributed by atoms with E-state index in [0.717, 1.165) is 17.3 Å². The third-order valence-electron chi connectivity index (χ3n) is 1.77. The summed E-state index contributed by atoms with van der Waals surface area (Å²) in [7, 11) is 0. The molecule has 0 aromatic carbocycles. The molecule has 1 aromatic heterocycles. The van der Waals surface area contributed by atoms with Gasteiger partial charge in [-0.2, -0.15) is 0 Å². The fourth-order valence-corrected chi connectivity index (χ4v) is 1.42. The van der Waals surface area contributed by atoms with E-state index < -0.39 is 0 Å². The molecule has 14 heavy (non-hydrogen) atoms. The molecular formula is C9H13BrClN3. The Hall–Kier alpha value is -0.350. The van der Waals surface area contributed by atoms with E-state index in [1.54, 1.807) is 12.4 Å². The first-order valence-electron chi connectivity index (χ1n) is 4.52. The molecule has 0 aliphatic rings. The van der Waals surface area contributed by atoms with Gasteiger partial charge in [-0.05, 0) is 35.7 Å². The molecule has 0 fully saturated rings. The summed E-state index contributed by atoms with van der Waals surface area (Å²) in [6.45, 7) is 2.10. The van der Waals surface area contributed by atoms with Gasteiger partial charge in [0.2, 0.25) is 5.95 Å². The van der Waals surface area contributed by atoms with E-state index in [0.29, 0.717) is 17.9 Å². The van der Waals surface area contributed by atoms with Gasteiger partial charge in [-0.25, -0.2) is 9.97 Å². The Morgan fingerprint density at radius 2 is 2.14 bits per heavy atom. The fourth-order valence-electron chi connectivity index (χ4n) is 1.06. The molecule has 3 nitrogen and oxygen atoms in total. The van der Waals surface area contributed by atoms with Crippen LogP contribution in [0.15, 0.2) is 16.9 Å². The SMILES string of the molecule is CC(CCCCl)Nc1ncc(Br)cn1. The summed E-state index contributed by atoms with van der Waals surface area (Å²) < 4.78 is 0.886. The van der Waals surface area contributed by atoms with Gasteiger partial charge in [0.15, 0.2) is 0 Å². The molecule has 0 radical (unpaired) electrons. The number of nitrogens with one attached hydrogen (secondary N) is 1. The second kappa shape index (κ2) is 6.19. The lowest BCUT2D eigenvalue weighted by Gasteiger charge is -2.12. The van der Waals surface area contributed by atoms with Crippen LogP contribution in [0.3, 0.4) is 0 Å². The van der Waals surface area contributed by atoms with Crippen LogP contribution in [0, 0.1) is 0 Å². The van der Waals surface area contributed by atoms with Crippen LogP contribution in [-0.2, 0) is 0 Å². The van der Waals surface area contributed by atoms with Crippen LogP contribution in [0.4, 0.5) is 5.95 Å². The first-order valence-corrected chi connectivity index (χ1v) is 5.85. The number of alkyl halides is 1. The molecule has 1 unspecified atom stereocenters. The number of anilines is 1. The van der Waals surface area contributed by atoms with Crippen LogP contribution in [0.1, 0.15) is 19.8 Å². The topological polar surface area (TPSA) is 37.8 Å². The summed E-state index contributed by atoms with van der Waals surface area (Å²) in [4.78, 5) is 8.25. The predicted molar refractivity (Wildman–Crippen MR) is 62.8 cm³/mol. The van der Waals surface area contributed by atoms with E-state index in [2.05, 4.69) is 38.1 Å². The molecule has 5 heteroatoms. The van der Waals surface area contributed by atoms with Gasteiger partial charge in [0.1, 0.15) is 0 Å². The summed E-state index contributed by atoms with van der Waals surface area (Å²) in [5, 5.41) is 3.20. The summed E-state index contributed by atoms with van der Waals surface area (Å²) >= 11 is 8.89. The van der Waals surface area contributed by atoms with E-state index in [1.807, 2.05) is 0 Å². The molecule has 0 aliphatic carbocycles. The maximum Gasteiger partial charge on any atom is 0.222 e. The largest absolute Gasteiger partial charge is 0.352 e. The van der Waals surface area contributed by atoms with Crippen molar-refractivity contribution in [3.05, 3.63) is 16.9 Å². The van der Waals surface area contributed by atoms with Gasteiger partial charge in [-0.15, -0.1) is 11.6 Å². The molecule has 1 rings (SSSR count). The normalized spacial score (nSPS) is 12.5. The second-order valence-electron chi connectivity index (χ2n) is 3.10. The maximum absolute atomic E-state index is 5.60. The highest BCUT2D eigenvalue weighted by Gasteiger charge is 2.02. The van der Waals surface area contributed by atoms with Crippen LogP contribution in [0.2, 0.25) is 0 Å². The first kappa shape index (κ1) is 11.7. The molecule has 0 spiro atoms. The molecule has 0 saturated heterocycles. The quantitative estimate of drug-likeness (QED) is 0.841. The molecule has 1 heterocycles. The standard InChI is InChI=1S/C9H13BrClN3/c1-7(3-2-4-11)14-9-12-5-8(10)6-13-9/h5-7H,2-4H2,1H3,(H,12,13,14). The lowest BCUT2D eigenvalue weighted by Crippen LogP contribution is -2.16. The Morgan fingerprint density at radius 3 is 2.71 bits per heavy atom. The average molecular weight is 279 g/mol. The van der Waals surface area contributed by atoms with E-state index in [1.165, 1.54) is 0 Å². The molecule has 1 atom stereocenters. The molecule has 1 N–H and O–H groups in total. The summed E-state index contributed by atoms with van der Waals surface area (Å²) in [5.41, 5.74) is 0. The van der Waals surface area contributed by atoms with E-state index in [-0.39, 0.29) is 0 Å². The van der Waals surface area contributed by atoms with Crippen molar-refractivity contribution >= 4 is 33.5 Å². The highest BCUT2D eigenvalue weighted by atomic mass is 79.9. The van der Waals surface area contributed by atoms with Gasteiger partial charge in [0.25, 0.3) is 0 Å². The zero-order chi connectivity index (χ0) is 10.4. The van der Waals surface area contributed by atoms with Gasteiger partial charge in [-0.1, -0.05) is 0 Å². The molecule has 78 valence electrons. The summed E-state index contributed by atoms with van der Waals surface area (Å²) in [5.74, 6) is 1.36. The van der Waals surface area contributed by atoms with Gasteiger partial charge >= 0.3 is 0 Å². The zero-order valence-corrected chi connectivity index (χ0v) is 10.3. The van der Waals surface area contributed by atoms with Crippen LogP contribution in [-0.4, -0.2) is 21.9 Å². The fraction of sp³-hybridized carbons (Fsp3) is 0.556. The number of hydrogen-bond acceptors (Lipinski definition) is 3. The van der Waals surface area contributed by atoms with Crippen LogP contribution >= 0.6 is 27.5 Å². The number of hydrogen-bond donors (Lipinski definition) is 1. The van der Waals surface area contributed by atoms with E-state index in [9.17, 15) is 0 Å². The molecule has 0 aliphatic heterocycles. The highest BCUT2D eigenvalue weighted by Crippen LogP contribution is 2.09. The minimum absolute atomic E-state index is 0.356. The van der Waals surface area contributed by atoms with Crippen molar-refractivity contribution in [3.8, 4) is 0 Å². The number of rotatable bonds is 5. The predicted octanol–water partition coefficient (Wildman–Crippen LogP) is 3.06. The lowest BCUT2D eigenvalue weighted by atomic mass is 10.2. The van der Waals surface area contributed by atoms with Gasteiger partial charge in [0, 0.05) is 24.3 Å². The Morgan fingerprint density at radius 1 is 1.50 bits per heavy atom. The molecule has 0 saturated carbocycles.